The predicted octanol–water partition coefficient (Wildman–Crippen LogP) is 7.61. The van der Waals surface area contributed by atoms with Gasteiger partial charge in [-0.2, -0.15) is 0 Å². The quantitative estimate of drug-likeness (QED) is 0.0806. The van der Waals surface area contributed by atoms with Gasteiger partial charge in [-0.1, -0.05) is 363 Å². The Balaban J connectivity index is 1.27. The van der Waals surface area contributed by atoms with Gasteiger partial charge in [-0.15, -0.1) is 0 Å². The summed E-state index contributed by atoms with van der Waals surface area (Å²) in [5.74, 6) is 1.94. The Morgan fingerprint density at radius 3 is 0.726 bits per heavy atom. The highest BCUT2D eigenvalue weighted by Crippen LogP contribution is 2.32. The van der Waals surface area contributed by atoms with Crippen LogP contribution in [-0.4, -0.2) is 32.3 Å². The van der Waals surface area contributed by atoms with Gasteiger partial charge < -0.3 is 4.74 Å². The van der Waals surface area contributed by atoms with Gasteiger partial charge in [-0.3, -0.25) is 0 Å². The molecule has 0 N–H and O–H groups in total. The summed E-state index contributed by atoms with van der Waals surface area (Å²) in [6.45, 7) is 2.33. The summed E-state index contributed by atoms with van der Waals surface area (Å²) in [6, 6.07) is 137. The van der Waals surface area contributed by atoms with E-state index in [4.69, 9.17) is 4.74 Å². The maximum Gasteiger partial charge on any atom is 0.188 e. The molecule has 0 spiro atoms. The van der Waals surface area contributed by atoms with Gasteiger partial charge in [-0.25, -0.2) is 0 Å². The first kappa shape index (κ1) is 52.6. The van der Waals surface area contributed by atoms with Crippen molar-refractivity contribution in [3.8, 4) is 11.5 Å². The highest BCUT2D eigenvalue weighted by atomic mass is 28.3. The molecule has 0 radical (unpaired) electrons. The summed E-state index contributed by atoms with van der Waals surface area (Å²) in [4.78, 5) is 0. The van der Waals surface area contributed by atoms with Gasteiger partial charge in [0, 0.05) is 0 Å². The molecule has 5 heteroatoms. The molecule has 0 bridgehead atoms. The van der Waals surface area contributed by atoms with Crippen molar-refractivity contribution in [3.63, 3.8) is 0 Å². The lowest BCUT2D eigenvalue weighted by atomic mass is 10.2. The van der Waals surface area contributed by atoms with Crippen LogP contribution in [0.5, 0.6) is 11.5 Å². The number of hydrogen-bond acceptors (Lipinski definition) is 1. The van der Waals surface area contributed by atoms with E-state index in [1.807, 2.05) is 0 Å². The van der Waals surface area contributed by atoms with Crippen molar-refractivity contribution in [2.24, 2.45) is 0 Å². The first-order valence-corrected chi connectivity index (χ1v) is 37.2. The number of benzene rings is 13. The fraction of sp³-hybridized carbons (Fsp3) is 0.0127. The number of hydrogen-bond donors (Lipinski definition) is 0. The molecule has 0 amide bonds. The molecule has 0 saturated carbocycles. The van der Waals surface area contributed by atoms with Gasteiger partial charge in [0.15, 0.2) is 32.3 Å². The van der Waals surface area contributed by atoms with Crippen molar-refractivity contribution >= 4 is 115 Å². The summed E-state index contributed by atoms with van der Waals surface area (Å²) < 4.78 is 8.74. The molecule has 0 fully saturated rings. The van der Waals surface area contributed by atoms with Crippen LogP contribution in [0.1, 0.15) is 5.56 Å². The topological polar surface area (TPSA) is 9.23 Å². The highest BCUT2D eigenvalue weighted by Gasteiger charge is 2.56. The first-order chi connectivity index (χ1) is 41.6. The second-order valence-corrected chi connectivity index (χ2v) is 37.3. The molecule has 400 valence electrons. The molecule has 0 aromatic heterocycles. The molecule has 1 aliphatic heterocycles. The van der Waals surface area contributed by atoms with Crippen molar-refractivity contribution in [1.82, 2.24) is 0 Å². The van der Waals surface area contributed by atoms with Crippen LogP contribution in [0.25, 0.3) is 0 Å². The van der Waals surface area contributed by atoms with E-state index in [0.29, 0.717) is 0 Å². The molecule has 13 aromatic rings. The van der Waals surface area contributed by atoms with E-state index in [0.717, 1.165) is 11.5 Å². The van der Waals surface area contributed by atoms with E-state index < -0.39 is 32.3 Å². The van der Waals surface area contributed by atoms with Crippen molar-refractivity contribution in [1.29, 1.82) is 0 Å². The third-order valence-corrected chi connectivity index (χ3v) is 36.9. The lowest BCUT2D eigenvalue weighted by Crippen LogP contribution is -2.83. The maximum atomic E-state index is 8.74. The number of aryl methyl sites for hydroxylation is 1. The SMILES string of the molecule is Cc1cc([Si](c2ccccc2)(c2ccccc2)c2ccccc2)c2c(c1)[Si](c1ccccc1)(c1ccccc1)c1cc([Si](c3ccccc3)(c3ccccc3)c3ccccc3)cc([Si](c3ccccc3)(c3ccccc3)c3ccccc3)c1O2. The van der Waals surface area contributed by atoms with E-state index in [-0.39, 0.29) is 0 Å². The monoisotopic (exact) mass is 1140 g/mol. The lowest BCUT2D eigenvalue weighted by Gasteiger charge is -2.46. The third-order valence-electron chi connectivity index (χ3n) is 17.9. The number of ether oxygens (including phenoxy) is 1. The average Bonchev–Trinajstić information content (AvgIpc) is 0.887. The Labute approximate surface area is 498 Å². The molecular weight excluding hydrogens is 1080 g/mol. The van der Waals surface area contributed by atoms with Gasteiger partial charge in [-0.05, 0) is 89.9 Å². The van der Waals surface area contributed by atoms with E-state index >= 15 is 0 Å². The molecule has 14 rings (SSSR count). The van der Waals surface area contributed by atoms with Crippen molar-refractivity contribution in [3.05, 3.63) is 363 Å². The molecule has 0 atom stereocenters. The fourth-order valence-electron chi connectivity index (χ4n) is 14.5. The minimum atomic E-state index is -3.60. The molecule has 0 aliphatic carbocycles. The smallest absolute Gasteiger partial charge is 0.188 e. The summed E-state index contributed by atoms with van der Waals surface area (Å²) in [7, 11) is -13.7. The molecular formula is C79H62OSi4. The van der Waals surface area contributed by atoms with Crippen LogP contribution in [0.2, 0.25) is 0 Å². The Kier molecular flexibility index (Phi) is 14.0. The zero-order chi connectivity index (χ0) is 56.4. The van der Waals surface area contributed by atoms with E-state index in [2.05, 4.69) is 365 Å². The Morgan fingerprint density at radius 2 is 0.452 bits per heavy atom. The summed E-state index contributed by atoms with van der Waals surface area (Å²) >= 11 is 0. The normalized spacial score (nSPS) is 12.8. The molecule has 0 unspecified atom stereocenters. The van der Waals surface area contributed by atoms with Gasteiger partial charge in [0.2, 0.25) is 0 Å². The van der Waals surface area contributed by atoms with Crippen LogP contribution in [-0.2, 0) is 0 Å². The molecule has 1 aliphatic rings. The minimum Gasteiger partial charge on any atom is -0.458 e. The Hall–Kier alpha value is -9.47. The average molecular weight is 1140 g/mol. The van der Waals surface area contributed by atoms with Crippen LogP contribution in [0.15, 0.2) is 358 Å². The molecule has 13 aromatic carbocycles. The summed E-state index contributed by atoms with van der Waals surface area (Å²) in [5.41, 5.74) is 1.21. The largest absolute Gasteiger partial charge is 0.458 e. The van der Waals surface area contributed by atoms with Crippen molar-refractivity contribution in [2.75, 3.05) is 0 Å². The second-order valence-electron chi connectivity index (χ2n) is 22.2. The Bertz CT molecular complexity index is 4020. The summed E-state index contributed by atoms with van der Waals surface area (Å²) in [6.07, 6.45) is 0. The lowest BCUT2D eigenvalue weighted by molar-refractivity contribution is 0.494. The van der Waals surface area contributed by atoms with Crippen LogP contribution in [0.4, 0.5) is 0 Å². The van der Waals surface area contributed by atoms with Crippen LogP contribution in [0.3, 0.4) is 0 Å². The van der Waals surface area contributed by atoms with Crippen molar-refractivity contribution in [2.45, 2.75) is 6.92 Å². The van der Waals surface area contributed by atoms with Gasteiger partial charge in [0.05, 0.1) is 0 Å². The summed E-state index contributed by atoms with van der Waals surface area (Å²) in [5, 5.41) is 20.7. The maximum absolute atomic E-state index is 8.74. The van der Waals surface area contributed by atoms with E-state index in [9.17, 15) is 0 Å². The molecule has 84 heavy (non-hydrogen) atoms. The van der Waals surface area contributed by atoms with E-state index in [1.54, 1.807) is 0 Å². The highest BCUT2D eigenvalue weighted by molar-refractivity contribution is 7.26. The third kappa shape index (κ3) is 8.37. The van der Waals surface area contributed by atoms with Gasteiger partial charge in [0.1, 0.15) is 11.5 Å². The minimum absolute atomic E-state index is 0.966. The van der Waals surface area contributed by atoms with Gasteiger partial charge in [0.25, 0.3) is 0 Å². The van der Waals surface area contributed by atoms with Crippen LogP contribution < -0.4 is 87.7 Å². The molecule has 0 saturated heterocycles. The molecule has 1 nitrogen and oxygen atoms in total. The Morgan fingerprint density at radius 1 is 0.226 bits per heavy atom. The standard InChI is InChI=1S/C79H62OSi4/c1-61-57-74(82(65-41-19-5-20-42-65,66-43-21-6-22-44-66)67-45-23-7-24-46-67)78-75(58-61)84(71-53-31-11-32-54-71,72-55-33-12-34-56-72)77-60-73(81(62-35-13-2-14-36-62,63-37-15-3-16-38-63)64-39-17-4-18-40-64)59-76(79(77)80-78)83(68-47-25-8-26-48-68,69-49-27-9-28-50-69)70-51-29-10-30-52-70/h2-60H,1H3. The van der Waals surface area contributed by atoms with Crippen LogP contribution in [0, 0.1) is 6.92 Å². The molecule has 1 heterocycles. The zero-order valence-electron chi connectivity index (χ0n) is 47.0. The van der Waals surface area contributed by atoms with Crippen LogP contribution >= 0.6 is 0 Å². The predicted molar refractivity (Wildman–Crippen MR) is 366 cm³/mol. The second kappa shape index (κ2) is 22.4. The number of fused-ring (bicyclic) bond motifs is 2. The van der Waals surface area contributed by atoms with Gasteiger partial charge >= 0.3 is 0 Å². The van der Waals surface area contributed by atoms with Crippen molar-refractivity contribution < 1.29 is 4.74 Å². The number of rotatable bonds is 14. The first-order valence-electron chi connectivity index (χ1n) is 29.2. The fourth-order valence-corrected chi connectivity index (χ4v) is 34.8. The zero-order valence-corrected chi connectivity index (χ0v) is 51.0. The van der Waals surface area contributed by atoms with E-state index in [1.165, 1.54) is 88.6 Å².